The Hall–Kier alpha value is -1.29. The van der Waals surface area contributed by atoms with Gasteiger partial charge >= 0.3 is 0 Å². The van der Waals surface area contributed by atoms with E-state index in [2.05, 4.69) is 29.5 Å². The summed E-state index contributed by atoms with van der Waals surface area (Å²) in [7, 11) is 0. The molecule has 0 radical (unpaired) electrons. The molecule has 1 atom stereocenters. The Morgan fingerprint density at radius 2 is 2.35 bits per heavy atom. The summed E-state index contributed by atoms with van der Waals surface area (Å²) in [4.78, 5) is 16.2. The summed E-state index contributed by atoms with van der Waals surface area (Å²) in [6, 6.07) is 1.71. The van der Waals surface area contributed by atoms with Crippen LogP contribution in [0.25, 0.3) is 0 Å². The molecule has 92 valence electrons. The number of anilines is 2. The predicted octanol–water partition coefficient (Wildman–Crippen LogP) is 2.76. The van der Waals surface area contributed by atoms with Gasteiger partial charge < -0.3 is 10.6 Å². The molecule has 1 aliphatic heterocycles. The Kier molecular flexibility index (Phi) is 3.52. The summed E-state index contributed by atoms with van der Waals surface area (Å²) in [5, 5.41) is 6.58. The summed E-state index contributed by atoms with van der Waals surface area (Å²) >= 11 is 5.86. The third kappa shape index (κ3) is 2.88. The Balaban J connectivity index is 2.19. The van der Waals surface area contributed by atoms with Crippen LogP contribution in [0.15, 0.2) is 12.3 Å². The quantitative estimate of drug-likeness (QED) is 0.852. The smallest absolute Gasteiger partial charge is 0.229 e. The van der Waals surface area contributed by atoms with E-state index in [9.17, 15) is 4.79 Å². The average Bonchev–Trinajstić information content (AvgIpc) is 2.38. The molecule has 17 heavy (non-hydrogen) atoms. The van der Waals surface area contributed by atoms with E-state index in [4.69, 9.17) is 11.6 Å². The third-order valence-corrected chi connectivity index (χ3v) is 2.96. The van der Waals surface area contributed by atoms with Gasteiger partial charge in [0, 0.05) is 12.7 Å². The van der Waals surface area contributed by atoms with E-state index in [1.54, 1.807) is 12.3 Å². The lowest BCUT2D eigenvalue weighted by molar-refractivity contribution is -0.119. The fraction of sp³-hybridized carbons (Fsp3) is 0.500. The lowest BCUT2D eigenvalue weighted by Crippen LogP contribution is -2.27. The van der Waals surface area contributed by atoms with E-state index in [0.29, 0.717) is 29.0 Å². The number of pyridine rings is 1. The molecule has 2 N–H and O–H groups in total. The highest BCUT2D eigenvalue weighted by molar-refractivity contribution is 6.30. The summed E-state index contributed by atoms with van der Waals surface area (Å²) in [6.45, 7) is 4.84. The number of nitrogens with zero attached hydrogens (tertiary/aromatic N) is 1. The summed E-state index contributed by atoms with van der Waals surface area (Å²) < 4.78 is 0. The second-order valence-corrected chi connectivity index (χ2v) is 5.18. The Morgan fingerprint density at radius 1 is 1.59 bits per heavy atom. The first-order valence-corrected chi connectivity index (χ1v) is 6.14. The molecule has 0 aromatic carbocycles. The van der Waals surface area contributed by atoms with E-state index in [0.717, 1.165) is 6.42 Å². The van der Waals surface area contributed by atoms with Crippen molar-refractivity contribution in [1.29, 1.82) is 0 Å². The molecule has 1 amide bonds. The average molecular weight is 254 g/mol. The molecule has 4 nitrogen and oxygen atoms in total. The molecule has 0 spiro atoms. The van der Waals surface area contributed by atoms with E-state index in [-0.39, 0.29) is 11.8 Å². The van der Waals surface area contributed by atoms with Gasteiger partial charge in [0.2, 0.25) is 5.91 Å². The molecule has 0 saturated heterocycles. The minimum atomic E-state index is -0.0250. The SMILES string of the molecule is CC(C)CC1CNc2ncc(Cl)cc2NC1=O. The van der Waals surface area contributed by atoms with E-state index in [1.165, 1.54) is 0 Å². The van der Waals surface area contributed by atoms with Crippen molar-refractivity contribution < 1.29 is 4.79 Å². The molecular weight excluding hydrogens is 238 g/mol. The van der Waals surface area contributed by atoms with Crippen molar-refractivity contribution in [3.8, 4) is 0 Å². The van der Waals surface area contributed by atoms with Crippen molar-refractivity contribution in [1.82, 2.24) is 4.98 Å². The van der Waals surface area contributed by atoms with Gasteiger partial charge in [0.05, 0.1) is 16.6 Å². The van der Waals surface area contributed by atoms with Crippen molar-refractivity contribution in [2.24, 2.45) is 11.8 Å². The monoisotopic (exact) mass is 253 g/mol. The van der Waals surface area contributed by atoms with Gasteiger partial charge in [0.1, 0.15) is 5.82 Å². The van der Waals surface area contributed by atoms with Gasteiger partial charge in [0.15, 0.2) is 0 Å². The normalized spacial score (nSPS) is 19.3. The number of hydrogen-bond donors (Lipinski definition) is 2. The van der Waals surface area contributed by atoms with Crippen LogP contribution in [0.4, 0.5) is 11.5 Å². The van der Waals surface area contributed by atoms with Crippen LogP contribution in [0.1, 0.15) is 20.3 Å². The van der Waals surface area contributed by atoms with Crippen LogP contribution in [0, 0.1) is 11.8 Å². The zero-order valence-corrected chi connectivity index (χ0v) is 10.7. The van der Waals surface area contributed by atoms with E-state index >= 15 is 0 Å². The van der Waals surface area contributed by atoms with Gasteiger partial charge in [-0.2, -0.15) is 0 Å². The van der Waals surface area contributed by atoms with Crippen LogP contribution in [-0.4, -0.2) is 17.4 Å². The minimum absolute atomic E-state index is 0.0250. The van der Waals surface area contributed by atoms with Crippen molar-refractivity contribution in [2.75, 3.05) is 17.2 Å². The van der Waals surface area contributed by atoms with Gasteiger partial charge in [-0.05, 0) is 18.4 Å². The van der Waals surface area contributed by atoms with Crippen LogP contribution in [0.3, 0.4) is 0 Å². The first-order valence-electron chi connectivity index (χ1n) is 5.76. The number of nitrogens with one attached hydrogen (secondary N) is 2. The summed E-state index contributed by atoms with van der Waals surface area (Å²) in [5.41, 5.74) is 0.661. The van der Waals surface area contributed by atoms with Gasteiger partial charge in [0.25, 0.3) is 0 Å². The van der Waals surface area contributed by atoms with Crippen molar-refractivity contribution >= 4 is 29.0 Å². The Bertz CT molecular complexity index is 434. The molecule has 0 bridgehead atoms. The first kappa shape index (κ1) is 12.2. The fourth-order valence-corrected chi connectivity index (χ4v) is 2.14. The topological polar surface area (TPSA) is 54.0 Å². The van der Waals surface area contributed by atoms with Gasteiger partial charge in [-0.25, -0.2) is 4.98 Å². The maximum Gasteiger partial charge on any atom is 0.229 e. The highest BCUT2D eigenvalue weighted by Gasteiger charge is 2.24. The highest BCUT2D eigenvalue weighted by atomic mass is 35.5. The summed E-state index contributed by atoms with van der Waals surface area (Å²) in [5.74, 6) is 1.19. The second-order valence-electron chi connectivity index (χ2n) is 4.75. The predicted molar refractivity (Wildman–Crippen MR) is 69.3 cm³/mol. The van der Waals surface area contributed by atoms with Crippen LogP contribution in [0.2, 0.25) is 5.02 Å². The number of halogens is 1. The van der Waals surface area contributed by atoms with Gasteiger partial charge in [-0.3, -0.25) is 4.79 Å². The van der Waals surface area contributed by atoms with E-state index < -0.39 is 0 Å². The molecule has 5 heteroatoms. The molecular formula is C12H16ClN3O. The van der Waals surface area contributed by atoms with Crippen molar-refractivity contribution in [3.63, 3.8) is 0 Å². The highest BCUT2D eigenvalue weighted by Crippen LogP contribution is 2.27. The minimum Gasteiger partial charge on any atom is -0.368 e. The lowest BCUT2D eigenvalue weighted by atomic mass is 9.96. The number of hydrogen-bond acceptors (Lipinski definition) is 3. The number of carbonyl (C=O) groups is 1. The molecule has 2 rings (SSSR count). The Morgan fingerprint density at radius 3 is 3.06 bits per heavy atom. The molecule has 1 aliphatic rings. The molecule has 1 aromatic heterocycles. The first-order chi connectivity index (χ1) is 8.06. The Labute approximate surface area is 106 Å². The standard InChI is InChI=1S/C12H16ClN3O/c1-7(2)3-8-5-14-11-10(16-12(8)17)4-9(13)6-15-11/h4,6-8H,3,5H2,1-2H3,(H,14,15)(H,16,17). The van der Waals surface area contributed by atoms with Crippen molar-refractivity contribution in [2.45, 2.75) is 20.3 Å². The van der Waals surface area contributed by atoms with Crippen LogP contribution < -0.4 is 10.6 Å². The maximum absolute atomic E-state index is 12.0. The molecule has 1 unspecified atom stereocenters. The van der Waals surface area contributed by atoms with Crippen LogP contribution in [0.5, 0.6) is 0 Å². The molecule has 1 aromatic rings. The lowest BCUT2D eigenvalue weighted by Gasteiger charge is -2.14. The molecule has 0 aliphatic carbocycles. The number of amides is 1. The van der Waals surface area contributed by atoms with E-state index in [1.807, 2.05) is 0 Å². The molecule has 2 heterocycles. The summed E-state index contributed by atoms with van der Waals surface area (Å²) in [6.07, 6.45) is 2.43. The maximum atomic E-state index is 12.0. The van der Waals surface area contributed by atoms with Gasteiger partial charge in [-0.1, -0.05) is 25.4 Å². The van der Waals surface area contributed by atoms with Crippen LogP contribution >= 0.6 is 11.6 Å². The fourth-order valence-electron chi connectivity index (χ4n) is 1.98. The number of aromatic nitrogens is 1. The number of rotatable bonds is 2. The second kappa shape index (κ2) is 4.92. The van der Waals surface area contributed by atoms with Gasteiger partial charge in [-0.15, -0.1) is 0 Å². The number of fused-ring (bicyclic) bond motifs is 1. The largest absolute Gasteiger partial charge is 0.368 e. The van der Waals surface area contributed by atoms with Crippen molar-refractivity contribution in [3.05, 3.63) is 17.3 Å². The molecule has 0 saturated carbocycles. The van der Waals surface area contributed by atoms with Crippen LogP contribution in [-0.2, 0) is 4.79 Å². The third-order valence-electron chi connectivity index (χ3n) is 2.75. The number of carbonyl (C=O) groups excluding carboxylic acids is 1. The zero-order chi connectivity index (χ0) is 12.4. The zero-order valence-electron chi connectivity index (χ0n) is 9.96. The molecule has 0 fully saturated rings.